The molecule has 2 rings (SSSR count). The van der Waals surface area contributed by atoms with Gasteiger partial charge in [-0.15, -0.1) is 0 Å². The average molecular weight is 355 g/mol. The van der Waals surface area contributed by atoms with Crippen LogP contribution in [0.2, 0.25) is 0 Å². The lowest BCUT2D eigenvalue weighted by Crippen LogP contribution is -2.42. The lowest BCUT2D eigenvalue weighted by atomic mass is 9.75. The monoisotopic (exact) mass is 354 g/mol. The van der Waals surface area contributed by atoms with E-state index in [1.807, 2.05) is 0 Å². The highest BCUT2D eigenvalue weighted by Gasteiger charge is 2.43. The first kappa shape index (κ1) is 16.0. The van der Waals surface area contributed by atoms with Gasteiger partial charge in [-0.05, 0) is 53.0 Å². The third kappa shape index (κ3) is 3.11. The van der Waals surface area contributed by atoms with Crippen molar-refractivity contribution in [2.24, 2.45) is 11.3 Å². The minimum absolute atomic E-state index is 0.0220. The molecule has 1 amide bonds. The first-order valence-corrected chi connectivity index (χ1v) is 7.71. The maximum atomic E-state index is 12.7. The van der Waals surface area contributed by atoms with Gasteiger partial charge in [0.2, 0.25) is 5.91 Å². The van der Waals surface area contributed by atoms with Crippen molar-refractivity contribution in [1.82, 2.24) is 5.32 Å². The van der Waals surface area contributed by atoms with E-state index in [9.17, 15) is 9.59 Å². The molecule has 0 bridgehead atoms. The Morgan fingerprint density at radius 2 is 2.14 bits per heavy atom. The Kier molecular flexibility index (Phi) is 4.68. The largest absolute Gasteiger partial charge is 0.478 e. The standard InChI is InChI=1S/C15H19BrN2O3/c1-9(2)15(5-6-17-8-15)14(21)18-12-4-3-10(13(19)20)7-11(12)16/h3-4,7,9,17H,5-6,8H2,1-2H3,(H,18,21)(H,19,20). The number of carbonyl (C=O) groups excluding carboxylic acids is 1. The van der Waals surface area contributed by atoms with Crippen LogP contribution < -0.4 is 10.6 Å². The molecule has 0 spiro atoms. The van der Waals surface area contributed by atoms with Gasteiger partial charge in [0.15, 0.2) is 0 Å². The van der Waals surface area contributed by atoms with Crippen LogP contribution in [0.5, 0.6) is 0 Å². The molecule has 5 nitrogen and oxygen atoms in total. The second-order valence-corrected chi connectivity index (χ2v) is 6.55. The van der Waals surface area contributed by atoms with Gasteiger partial charge in [-0.25, -0.2) is 4.79 Å². The Balaban J connectivity index is 2.21. The highest BCUT2D eigenvalue weighted by atomic mass is 79.9. The van der Waals surface area contributed by atoms with E-state index in [1.165, 1.54) is 12.1 Å². The zero-order chi connectivity index (χ0) is 15.6. The van der Waals surface area contributed by atoms with Gasteiger partial charge in [-0.3, -0.25) is 4.79 Å². The summed E-state index contributed by atoms with van der Waals surface area (Å²) in [7, 11) is 0. The Hall–Kier alpha value is -1.40. The van der Waals surface area contributed by atoms with E-state index < -0.39 is 11.4 Å². The van der Waals surface area contributed by atoms with Crippen LogP contribution in [0.4, 0.5) is 5.69 Å². The van der Waals surface area contributed by atoms with E-state index in [1.54, 1.807) is 6.07 Å². The lowest BCUT2D eigenvalue weighted by Gasteiger charge is -2.31. The molecule has 6 heteroatoms. The number of halogens is 1. The van der Waals surface area contributed by atoms with Crippen molar-refractivity contribution in [3.63, 3.8) is 0 Å². The number of benzene rings is 1. The van der Waals surface area contributed by atoms with Gasteiger partial charge < -0.3 is 15.7 Å². The summed E-state index contributed by atoms with van der Waals surface area (Å²) in [6.45, 7) is 5.61. The van der Waals surface area contributed by atoms with Gasteiger partial charge in [0.05, 0.1) is 16.7 Å². The number of carbonyl (C=O) groups is 2. The summed E-state index contributed by atoms with van der Waals surface area (Å²) in [6, 6.07) is 4.59. The second-order valence-electron chi connectivity index (χ2n) is 5.69. The van der Waals surface area contributed by atoms with Crippen LogP contribution in [-0.2, 0) is 4.79 Å². The van der Waals surface area contributed by atoms with Crippen LogP contribution in [0.3, 0.4) is 0 Å². The molecule has 1 fully saturated rings. The van der Waals surface area contributed by atoms with Crippen molar-refractivity contribution >= 4 is 33.5 Å². The first-order chi connectivity index (χ1) is 9.86. The van der Waals surface area contributed by atoms with E-state index in [4.69, 9.17) is 5.11 Å². The SMILES string of the molecule is CC(C)C1(C(=O)Nc2ccc(C(=O)O)cc2Br)CCNC1. The van der Waals surface area contributed by atoms with E-state index in [0.717, 1.165) is 13.0 Å². The first-order valence-electron chi connectivity index (χ1n) is 6.92. The van der Waals surface area contributed by atoms with Crippen LogP contribution in [0.1, 0.15) is 30.6 Å². The number of aromatic carboxylic acids is 1. The summed E-state index contributed by atoms with van der Waals surface area (Å²) in [5, 5.41) is 15.1. The van der Waals surface area contributed by atoms with Gasteiger partial charge in [0, 0.05) is 11.0 Å². The summed E-state index contributed by atoms with van der Waals surface area (Å²) in [5.41, 5.74) is 0.364. The molecule has 1 unspecified atom stereocenters. The number of nitrogens with one attached hydrogen (secondary N) is 2. The van der Waals surface area contributed by atoms with Crippen molar-refractivity contribution in [1.29, 1.82) is 0 Å². The van der Waals surface area contributed by atoms with E-state index in [-0.39, 0.29) is 17.4 Å². The Morgan fingerprint density at radius 3 is 2.62 bits per heavy atom. The van der Waals surface area contributed by atoms with Crippen molar-refractivity contribution in [2.45, 2.75) is 20.3 Å². The van der Waals surface area contributed by atoms with Crippen molar-refractivity contribution < 1.29 is 14.7 Å². The molecule has 0 aliphatic carbocycles. The van der Waals surface area contributed by atoms with Gasteiger partial charge in [-0.1, -0.05) is 13.8 Å². The highest BCUT2D eigenvalue weighted by molar-refractivity contribution is 9.10. The molecular weight excluding hydrogens is 336 g/mol. The van der Waals surface area contributed by atoms with Crippen LogP contribution >= 0.6 is 15.9 Å². The van der Waals surface area contributed by atoms with Crippen LogP contribution in [-0.4, -0.2) is 30.1 Å². The topological polar surface area (TPSA) is 78.4 Å². The van der Waals surface area contributed by atoms with Gasteiger partial charge in [0.1, 0.15) is 0 Å². The van der Waals surface area contributed by atoms with Gasteiger partial charge in [-0.2, -0.15) is 0 Å². The van der Waals surface area contributed by atoms with Crippen LogP contribution in [0.15, 0.2) is 22.7 Å². The number of hydrogen-bond donors (Lipinski definition) is 3. The van der Waals surface area contributed by atoms with Crippen LogP contribution in [0, 0.1) is 11.3 Å². The fourth-order valence-corrected chi connectivity index (χ4v) is 3.13. The third-order valence-electron chi connectivity index (χ3n) is 4.21. The zero-order valence-electron chi connectivity index (χ0n) is 12.1. The minimum Gasteiger partial charge on any atom is -0.478 e. The van der Waals surface area contributed by atoms with E-state index >= 15 is 0 Å². The molecule has 0 aromatic heterocycles. The molecule has 1 aromatic rings. The quantitative estimate of drug-likeness (QED) is 0.776. The number of amides is 1. The molecular formula is C15H19BrN2O3. The Labute approximate surface area is 132 Å². The van der Waals surface area contributed by atoms with Gasteiger partial charge >= 0.3 is 5.97 Å². The number of carboxylic acid groups (broad SMARTS) is 1. The van der Waals surface area contributed by atoms with Crippen LogP contribution in [0.25, 0.3) is 0 Å². The molecule has 1 heterocycles. The normalized spacial score (nSPS) is 21.5. The second kappa shape index (κ2) is 6.15. The Bertz CT molecular complexity index is 566. The number of anilines is 1. The number of hydrogen-bond acceptors (Lipinski definition) is 3. The summed E-state index contributed by atoms with van der Waals surface area (Å²) in [5.74, 6) is -0.789. The molecule has 21 heavy (non-hydrogen) atoms. The highest BCUT2D eigenvalue weighted by Crippen LogP contribution is 2.36. The molecule has 1 saturated heterocycles. The molecule has 1 aliphatic heterocycles. The van der Waals surface area contributed by atoms with Crippen molar-refractivity contribution in [3.05, 3.63) is 28.2 Å². The zero-order valence-corrected chi connectivity index (χ0v) is 13.7. The predicted molar refractivity (Wildman–Crippen MR) is 84.5 cm³/mol. The number of rotatable bonds is 4. The average Bonchev–Trinajstić information content (AvgIpc) is 2.91. The predicted octanol–water partition coefficient (Wildman–Crippen LogP) is 2.72. The summed E-state index contributed by atoms with van der Waals surface area (Å²) >= 11 is 3.31. The van der Waals surface area contributed by atoms with Gasteiger partial charge in [0.25, 0.3) is 0 Å². The molecule has 0 radical (unpaired) electrons. The van der Waals surface area contributed by atoms with Crippen molar-refractivity contribution in [3.8, 4) is 0 Å². The Morgan fingerprint density at radius 1 is 1.43 bits per heavy atom. The van der Waals surface area contributed by atoms with Crippen molar-refractivity contribution in [2.75, 3.05) is 18.4 Å². The maximum Gasteiger partial charge on any atom is 0.335 e. The summed E-state index contributed by atoms with van der Waals surface area (Å²) < 4.78 is 0.570. The summed E-state index contributed by atoms with van der Waals surface area (Å²) in [4.78, 5) is 23.6. The van der Waals surface area contributed by atoms with E-state index in [0.29, 0.717) is 16.7 Å². The molecule has 1 aliphatic rings. The fourth-order valence-electron chi connectivity index (χ4n) is 2.66. The molecule has 3 N–H and O–H groups in total. The molecule has 1 aromatic carbocycles. The molecule has 114 valence electrons. The number of carboxylic acids is 1. The molecule has 1 atom stereocenters. The lowest BCUT2D eigenvalue weighted by molar-refractivity contribution is -0.126. The maximum absolute atomic E-state index is 12.7. The molecule has 0 saturated carbocycles. The minimum atomic E-state index is -0.993. The summed E-state index contributed by atoms with van der Waals surface area (Å²) in [6.07, 6.45) is 0.807. The third-order valence-corrected chi connectivity index (χ3v) is 4.87. The van der Waals surface area contributed by atoms with E-state index in [2.05, 4.69) is 40.4 Å². The smallest absolute Gasteiger partial charge is 0.335 e. The fraction of sp³-hybridized carbons (Fsp3) is 0.467.